The molecule has 1 aromatic heterocycles. The van der Waals surface area contributed by atoms with E-state index in [9.17, 15) is 4.79 Å². The Balaban J connectivity index is 2.17. The van der Waals surface area contributed by atoms with E-state index >= 15 is 0 Å². The molecule has 1 unspecified atom stereocenters. The first-order valence-electron chi connectivity index (χ1n) is 5.54. The fourth-order valence-corrected chi connectivity index (χ4v) is 1.67. The molecule has 17 heavy (non-hydrogen) atoms. The first-order valence-corrected chi connectivity index (χ1v) is 5.54. The summed E-state index contributed by atoms with van der Waals surface area (Å²) in [6.45, 7) is 1.81. The van der Waals surface area contributed by atoms with Crippen molar-refractivity contribution in [3.63, 3.8) is 0 Å². The summed E-state index contributed by atoms with van der Waals surface area (Å²) < 4.78 is 0. The maximum atomic E-state index is 11.6. The minimum absolute atomic E-state index is 0.0617. The molecule has 0 saturated heterocycles. The number of rotatable bonds is 3. The van der Waals surface area contributed by atoms with Crippen LogP contribution in [0.1, 0.15) is 13.3 Å². The van der Waals surface area contributed by atoms with Crippen LogP contribution in [0.2, 0.25) is 0 Å². The van der Waals surface area contributed by atoms with Crippen LogP contribution in [-0.4, -0.2) is 16.9 Å². The number of anilines is 1. The van der Waals surface area contributed by atoms with Crippen molar-refractivity contribution in [2.24, 2.45) is 5.73 Å². The molecule has 1 heterocycles. The fraction of sp³-hybridized carbons (Fsp3) is 0.231. The number of nitrogens with one attached hydrogen (secondary N) is 1. The van der Waals surface area contributed by atoms with Crippen LogP contribution in [0.15, 0.2) is 36.7 Å². The molecule has 1 amide bonds. The van der Waals surface area contributed by atoms with Gasteiger partial charge in [0.15, 0.2) is 0 Å². The highest BCUT2D eigenvalue weighted by Crippen LogP contribution is 2.18. The van der Waals surface area contributed by atoms with Gasteiger partial charge in [0.25, 0.3) is 0 Å². The zero-order valence-electron chi connectivity index (χ0n) is 9.68. The SMILES string of the molecule is CC(N)CC(=O)Nc1ccc2cnccc2c1. The van der Waals surface area contributed by atoms with Crippen LogP contribution in [0, 0.1) is 0 Å². The van der Waals surface area contributed by atoms with Crippen LogP contribution in [0.5, 0.6) is 0 Å². The number of nitrogens with zero attached hydrogens (tertiary/aromatic N) is 1. The van der Waals surface area contributed by atoms with Gasteiger partial charge in [-0.1, -0.05) is 6.07 Å². The number of aromatic nitrogens is 1. The van der Waals surface area contributed by atoms with E-state index in [0.29, 0.717) is 6.42 Å². The third-order valence-electron chi connectivity index (χ3n) is 2.43. The van der Waals surface area contributed by atoms with E-state index in [4.69, 9.17) is 5.73 Å². The van der Waals surface area contributed by atoms with E-state index in [1.807, 2.05) is 31.2 Å². The average molecular weight is 229 g/mol. The van der Waals surface area contributed by atoms with E-state index in [0.717, 1.165) is 16.5 Å². The summed E-state index contributed by atoms with van der Waals surface area (Å²) in [6.07, 6.45) is 3.85. The van der Waals surface area contributed by atoms with Gasteiger partial charge in [-0.3, -0.25) is 9.78 Å². The van der Waals surface area contributed by atoms with Crippen LogP contribution in [0.3, 0.4) is 0 Å². The van der Waals surface area contributed by atoms with Gasteiger partial charge in [-0.2, -0.15) is 0 Å². The molecule has 0 radical (unpaired) electrons. The van der Waals surface area contributed by atoms with E-state index in [-0.39, 0.29) is 11.9 Å². The molecular formula is C13H15N3O. The summed E-state index contributed by atoms with van der Waals surface area (Å²) in [6, 6.07) is 7.51. The molecule has 3 N–H and O–H groups in total. The molecule has 88 valence electrons. The Morgan fingerprint density at radius 1 is 1.41 bits per heavy atom. The van der Waals surface area contributed by atoms with Gasteiger partial charge >= 0.3 is 0 Å². The lowest BCUT2D eigenvalue weighted by atomic mass is 10.1. The molecule has 1 atom stereocenters. The summed E-state index contributed by atoms with van der Waals surface area (Å²) >= 11 is 0. The van der Waals surface area contributed by atoms with Gasteiger partial charge < -0.3 is 11.1 Å². The lowest BCUT2D eigenvalue weighted by Crippen LogP contribution is -2.23. The Kier molecular flexibility index (Phi) is 3.35. The molecule has 0 aliphatic carbocycles. The molecule has 0 spiro atoms. The van der Waals surface area contributed by atoms with Crippen LogP contribution in [0.4, 0.5) is 5.69 Å². The Bertz CT molecular complexity index is 537. The molecule has 0 aliphatic heterocycles. The summed E-state index contributed by atoms with van der Waals surface area (Å²) in [5, 5.41) is 4.93. The monoisotopic (exact) mass is 229 g/mol. The van der Waals surface area contributed by atoms with Crippen molar-refractivity contribution >= 4 is 22.4 Å². The van der Waals surface area contributed by atoms with Crippen molar-refractivity contribution in [3.05, 3.63) is 36.7 Å². The smallest absolute Gasteiger partial charge is 0.225 e. The molecule has 0 aliphatic rings. The van der Waals surface area contributed by atoms with Gasteiger partial charge in [-0.05, 0) is 30.5 Å². The highest BCUT2D eigenvalue weighted by molar-refractivity contribution is 5.94. The largest absolute Gasteiger partial charge is 0.327 e. The molecule has 4 nitrogen and oxygen atoms in total. The minimum Gasteiger partial charge on any atom is -0.327 e. The lowest BCUT2D eigenvalue weighted by molar-refractivity contribution is -0.116. The van der Waals surface area contributed by atoms with E-state index in [1.165, 1.54) is 0 Å². The molecule has 0 saturated carbocycles. The second kappa shape index (κ2) is 4.93. The maximum absolute atomic E-state index is 11.6. The van der Waals surface area contributed by atoms with Crippen molar-refractivity contribution in [3.8, 4) is 0 Å². The number of pyridine rings is 1. The third kappa shape index (κ3) is 3.01. The maximum Gasteiger partial charge on any atom is 0.225 e. The number of nitrogens with two attached hydrogens (primary N) is 1. The van der Waals surface area contributed by atoms with Crippen molar-refractivity contribution in [2.45, 2.75) is 19.4 Å². The number of hydrogen-bond acceptors (Lipinski definition) is 3. The topological polar surface area (TPSA) is 68.0 Å². The van der Waals surface area contributed by atoms with E-state index < -0.39 is 0 Å². The van der Waals surface area contributed by atoms with Crippen LogP contribution < -0.4 is 11.1 Å². The van der Waals surface area contributed by atoms with Crippen molar-refractivity contribution in [2.75, 3.05) is 5.32 Å². The summed E-state index contributed by atoms with van der Waals surface area (Å²) in [5.41, 5.74) is 6.35. The molecular weight excluding hydrogens is 214 g/mol. The first kappa shape index (κ1) is 11.5. The van der Waals surface area contributed by atoms with Crippen molar-refractivity contribution < 1.29 is 4.79 Å². The van der Waals surface area contributed by atoms with E-state index in [1.54, 1.807) is 12.4 Å². The standard InChI is InChI=1S/C13H15N3O/c1-9(14)6-13(17)16-12-3-2-11-8-15-5-4-10(11)7-12/h2-5,7-9H,6,14H2,1H3,(H,16,17). The Morgan fingerprint density at radius 3 is 3.00 bits per heavy atom. The third-order valence-corrected chi connectivity index (χ3v) is 2.43. The quantitative estimate of drug-likeness (QED) is 0.844. The predicted molar refractivity (Wildman–Crippen MR) is 68.6 cm³/mol. The van der Waals surface area contributed by atoms with Gasteiger partial charge in [0.05, 0.1) is 0 Å². The molecule has 1 aromatic carbocycles. The van der Waals surface area contributed by atoms with Crippen LogP contribution in [-0.2, 0) is 4.79 Å². The lowest BCUT2D eigenvalue weighted by Gasteiger charge is -2.08. The highest BCUT2D eigenvalue weighted by atomic mass is 16.1. The second-order valence-electron chi connectivity index (χ2n) is 4.17. The average Bonchev–Trinajstić information content (AvgIpc) is 2.27. The number of hydrogen-bond donors (Lipinski definition) is 2. The van der Waals surface area contributed by atoms with Crippen LogP contribution in [0.25, 0.3) is 10.8 Å². The number of benzene rings is 1. The number of carbonyl (C=O) groups excluding carboxylic acids is 1. The zero-order valence-corrected chi connectivity index (χ0v) is 9.68. The fourth-order valence-electron chi connectivity index (χ4n) is 1.67. The summed E-state index contributed by atoms with van der Waals surface area (Å²) in [7, 11) is 0. The van der Waals surface area contributed by atoms with Crippen molar-refractivity contribution in [1.82, 2.24) is 4.98 Å². The van der Waals surface area contributed by atoms with Gasteiger partial charge in [0.2, 0.25) is 5.91 Å². The molecule has 0 fully saturated rings. The normalized spacial score (nSPS) is 12.4. The van der Waals surface area contributed by atoms with Crippen molar-refractivity contribution in [1.29, 1.82) is 0 Å². The number of carbonyl (C=O) groups is 1. The van der Waals surface area contributed by atoms with Gasteiger partial charge in [0, 0.05) is 35.9 Å². The number of fused-ring (bicyclic) bond motifs is 1. The van der Waals surface area contributed by atoms with Gasteiger partial charge in [-0.25, -0.2) is 0 Å². The summed E-state index contributed by atoms with van der Waals surface area (Å²) in [4.78, 5) is 15.6. The predicted octanol–water partition coefficient (Wildman–Crippen LogP) is 1.91. The van der Waals surface area contributed by atoms with E-state index in [2.05, 4.69) is 10.3 Å². The summed E-state index contributed by atoms with van der Waals surface area (Å²) in [5.74, 6) is -0.0617. The Morgan fingerprint density at radius 2 is 2.24 bits per heavy atom. The molecule has 2 rings (SSSR count). The minimum atomic E-state index is -0.125. The zero-order chi connectivity index (χ0) is 12.3. The first-order chi connectivity index (χ1) is 8.15. The van der Waals surface area contributed by atoms with Gasteiger partial charge in [-0.15, -0.1) is 0 Å². The highest BCUT2D eigenvalue weighted by Gasteiger charge is 2.05. The Hall–Kier alpha value is -1.94. The van der Waals surface area contributed by atoms with Gasteiger partial charge in [0.1, 0.15) is 0 Å². The second-order valence-corrected chi connectivity index (χ2v) is 4.17. The molecule has 0 bridgehead atoms. The Labute approximate surface area is 99.8 Å². The number of amides is 1. The molecule has 4 heteroatoms. The molecule has 2 aromatic rings. The van der Waals surface area contributed by atoms with Crippen LogP contribution >= 0.6 is 0 Å².